The fourth-order valence-corrected chi connectivity index (χ4v) is 1.78. The highest BCUT2D eigenvalue weighted by Crippen LogP contribution is 2.22. The molecule has 2 rings (SSSR count). The van der Waals surface area contributed by atoms with Gasteiger partial charge in [0.25, 0.3) is 5.91 Å². The molecule has 0 aromatic heterocycles. The molecule has 0 aliphatic rings. The Bertz CT molecular complexity index is 660. The van der Waals surface area contributed by atoms with E-state index in [1.54, 1.807) is 0 Å². The van der Waals surface area contributed by atoms with E-state index in [1.807, 2.05) is 0 Å². The van der Waals surface area contributed by atoms with Gasteiger partial charge in [0.05, 0.1) is 12.7 Å². The van der Waals surface area contributed by atoms with Crippen LogP contribution in [-0.4, -0.2) is 19.6 Å². The van der Waals surface area contributed by atoms with Crippen LogP contribution in [0.4, 0.5) is 18.9 Å². The Hall–Kier alpha value is -2.70. The zero-order chi connectivity index (χ0) is 16.1. The number of carbonyl (C=O) groups excluding carboxylic acids is 1. The minimum absolute atomic E-state index is 0.0235. The SMILES string of the molecule is COc1ccc(F)cc1C(=O)Nc1ccc(OC(F)F)cc1. The van der Waals surface area contributed by atoms with Gasteiger partial charge in [-0.15, -0.1) is 0 Å². The third kappa shape index (κ3) is 3.91. The van der Waals surface area contributed by atoms with Crippen LogP contribution >= 0.6 is 0 Å². The second-order valence-electron chi connectivity index (χ2n) is 4.20. The highest BCUT2D eigenvalue weighted by Gasteiger charge is 2.14. The summed E-state index contributed by atoms with van der Waals surface area (Å²) in [6, 6.07) is 8.90. The lowest BCUT2D eigenvalue weighted by molar-refractivity contribution is -0.0498. The molecule has 2 aromatic rings. The van der Waals surface area contributed by atoms with Crippen LogP contribution in [0.15, 0.2) is 42.5 Å². The zero-order valence-electron chi connectivity index (χ0n) is 11.5. The van der Waals surface area contributed by atoms with Crippen molar-refractivity contribution in [3.8, 4) is 11.5 Å². The van der Waals surface area contributed by atoms with Gasteiger partial charge in [0, 0.05) is 5.69 Å². The average Bonchev–Trinajstić information content (AvgIpc) is 2.48. The first-order chi connectivity index (χ1) is 10.5. The van der Waals surface area contributed by atoms with E-state index in [4.69, 9.17) is 4.74 Å². The van der Waals surface area contributed by atoms with Gasteiger partial charge < -0.3 is 14.8 Å². The van der Waals surface area contributed by atoms with Crippen LogP contribution in [-0.2, 0) is 0 Å². The number of nitrogens with one attached hydrogen (secondary N) is 1. The van der Waals surface area contributed by atoms with Gasteiger partial charge in [-0.1, -0.05) is 0 Å². The molecule has 0 radical (unpaired) electrons. The molecule has 0 atom stereocenters. The van der Waals surface area contributed by atoms with Crippen LogP contribution in [0.3, 0.4) is 0 Å². The van der Waals surface area contributed by atoms with Crippen LogP contribution in [0.2, 0.25) is 0 Å². The predicted octanol–water partition coefficient (Wildman–Crippen LogP) is 3.69. The van der Waals surface area contributed by atoms with Crippen molar-refractivity contribution in [2.45, 2.75) is 6.61 Å². The van der Waals surface area contributed by atoms with Crippen LogP contribution in [0.25, 0.3) is 0 Å². The van der Waals surface area contributed by atoms with Crippen molar-refractivity contribution in [3.05, 3.63) is 53.8 Å². The van der Waals surface area contributed by atoms with E-state index in [0.717, 1.165) is 6.07 Å². The molecule has 0 bridgehead atoms. The highest BCUT2D eigenvalue weighted by molar-refractivity contribution is 6.06. The van der Waals surface area contributed by atoms with Crippen LogP contribution in [0.1, 0.15) is 10.4 Å². The number of halogens is 3. The Morgan fingerprint density at radius 3 is 2.41 bits per heavy atom. The van der Waals surface area contributed by atoms with Crippen molar-refractivity contribution in [3.63, 3.8) is 0 Å². The standard InChI is InChI=1S/C15H12F3NO3/c1-21-13-7-2-9(16)8-12(13)14(20)19-10-3-5-11(6-4-10)22-15(17)18/h2-8,15H,1H3,(H,19,20). The van der Waals surface area contributed by atoms with Gasteiger partial charge in [-0.2, -0.15) is 8.78 Å². The van der Waals surface area contributed by atoms with Crippen LogP contribution in [0, 0.1) is 5.82 Å². The van der Waals surface area contributed by atoms with Crippen LogP contribution < -0.4 is 14.8 Å². The summed E-state index contributed by atoms with van der Waals surface area (Å²) in [7, 11) is 1.36. The lowest BCUT2D eigenvalue weighted by Gasteiger charge is -2.10. The smallest absolute Gasteiger partial charge is 0.387 e. The van der Waals surface area contributed by atoms with Gasteiger partial charge in [-0.25, -0.2) is 4.39 Å². The first kappa shape index (κ1) is 15.7. The van der Waals surface area contributed by atoms with E-state index in [1.165, 1.54) is 43.5 Å². The van der Waals surface area contributed by atoms with Gasteiger partial charge in [0.1, 0.15) is 17.3 Å². The Kier molecular flexibility index (Phi) is 4.88. The Balaban J connectivity index is 2.13. The predicted molar refractivity (Wildman–Crippen MR) is 74.0 cm³/mol. The lowest BCUT2D eigenvalue weighted by atomic mass is 10.1. The van der Waals surface area contributed by atoms with Crippen molar-refractivity contribution in [1.29, 1.82) is 0 Å². The molecule has 4 nitrogen and oxygen atoms in total. The van der Waals surface area contributed by atoms with E-state index in [9.17, 15) is 18.0 Å². The summed E-state index contributed by atoms with van der Waals surface area (Å²) in [5.74, 6) is -0.974. The molecule has 1 amide bonds. The molecular formula is C15H12F3NO3. The molecule has 116 valence electrons. The van der Waals surface area contributed by atoms with Crippen molar-refractivity contribution >= 4 is 11.6 Å². The minimum Gasteiger partial charge on any atom is -0.496 e. The fourth-order valence-electron chi connectivity index (χ4n) is 1.78. The van der Waals surface area contributed by atoms with E-state index in [-0.39, 0.29) is 17.1 Å². The molecule has 22 heavy (non-hydrogen) atoms. The first-order valence-electron chi connectivity index (χ1n) is 6.19. The average molecular weight is 311 g/mol. The second-order valence-corrected chi connectivity index (χ2v) is 4.20. The maximum absolute atomic E-state index is 13.2. The molecule has 0 heterocycles. The number of hydrogen-bond donors (Lipinski definition) is 1. The quantitative estimate of drug-likeness (QED) is 0.916. The lowest BCUT2D eigenvalue weighted by Crippen LogP contribution is -2.13. The number of anilines is 1. The number of rotatable bonds is 5. The molecule has 0 saturated carbocycles. The number of methoxy groups -OCH3 is 1. The van der Waals surface area contributed by atoms with Gasteiger partial charge in [-0.3, -0.25) is 4.79 Å². The normalized spacial score (nSPS) is 10.4. The van der Waals surface area contributed by atoms with Crippen molar-refractivity contribution in [2.24, 2.45) is 0 Å². The van der Waals surface area contributed by atoms with E-state index in [2.05, 4.69) is 10.1 Å². The molecule has 0 aliphatic carbocycles. The molecule has 7 heteroatoms. The summed E-state index contributed by atoms with van der Waals surface area (Å²) in [6.07, 6.45) is 0. The molecule has 0 fully saturated rings. The molecule has 0 unspecified atom stereocenters. The van der Waals surface area contributed by atoms with Gasteiger partial charge in [0.15, 0.2) is 0 Å². The summed E-state index contributed by atoms with van der Waals surface area (Å²) in [5, 5.41) is 2.51. The van der Waals surface area contributed by atoms with Gasteiger partial charge >= 0.3 is 6.61 Å². The summed E-state index contributed by atoms with van der Waals surface area (Å²) < 4.78 is 46.5. The van der Waals surface area contributed by atoms with Crippen molar-refractivity contribution < 1.29 is 27.4 Å². The number of hydrogen-bond acceptors (Lipinski definition) is 3. The molecule has 1 N–H and O–H groups in total. The van der Waals surface area contributed by atoms with E-state index in [0.29, 0.717) is 5.69 Å². The number of amides is 1. The molecule has 2 aromatic carbocycles. The monoisotopic (exact) mass is 311 g/mol. The fraction of sp³-hybridized carbons (Fsp3) is 0.133. The molecule has 0 aliphatic heterocycles. The highest BCUT2D eigenvalue weighted by atomic mass is 19.3. The number of alkyl halides is 2. The van der Waals surface area contributed by atoms with Gasteiger partial charge in [-0.05, 0) is 42.5 Å². The zero-order valence-corrected chi connectivity index (χ0v) is 11.5. The minimum atomic E-state index is -2.92. The Labute approximate surface area is 124 Å². The van der Waals surface area contributed by atoms with Crippen molar-refractivity contribution in [2.75, 3.05) is 12.4 Å². The Morgan fingerprint density at radius 1 is 1.14 bits per heavy atom. The van der Waals surface area contributed by atoms with Gasteiger partial charge in [0.2, 0.25) is 0 Å². The summed E-state index contributed by atoms with van der Waals surface area (Å²) >= 11 is 0. The number of carbonyl (C=O) groups is 1. The second kappa shape index (κ2) is 6.84. The summed E-state index contributed by atoms with van der Waals surface area (Å²) in [4.78, 5) is 12.1. The van der Waals surface area contributed by atoms with E-state index < -0.39 is 18.3 Å². The largest absolute Gasteiger partial charge is 0.496 e. The van der Waals surface area contributed by atoms with E-state index >= 15 is 0 Å². The maximum atomic E-state index is 13.2. The molecule has 0 spiro atoms. The summed E-state index contributed by atoms with van der Waals surface area (Å²) in [6.45, 7) is -2.92. The number of ether oxygens (including phenoxy) is 2. The number of benzene rings is 2. The first-order valence-corrected chi connectivity index (χ1v) is 6.19. The maximum Gasteiger partial charge on any atom is 0.387 e. The molecule has 0 saturated heterocycles. The topological polar surface area (TPSA) is 47.6 Å². The third-order valence-electron chi connectivity index (χ3n) is 2.74. The third-order valence-corrected chi connectivity index (χ3v) is 2.74. The molecular weight excluding hydrogens is 299 g/mol. The van der Waals surface area contributed by atoms with Crippen molar-refractivity contribution in [1.82, 2.24) is 0 Å². The Morgan fingerprint density at radius 2 is 1.82 bits per heavy atom. The van der Waals surface area contributed by atoms with Crippen LogP contribution in [0.5, 0.6) is 11.5 Å². The summed E-state index contributed by atoms with van der Waals surface area (Å²) in [5.41, 5.74) is 0.369.